The fourth-order valence-corrected chi connectivity index (χ4v) is 6.23. The smallest absolute Gasteiger partial charge is 0.259 e. The molecular weight excluding hydrogens is 517 g/mol. The van der Waals surface area contributed by atoms with Gasteiger partial charge >= 0.3 is 0 Å². The number of halogens is 2. The lowest BCUT2D eigenvalue weighted by Gasteiger charge is -2.23. The van der Waals surface area contributed by atoms with E-state index in [1.54, 1.807) is 0 Å². The molecule has 6 nitrogen and oxygen atoms in total. The summed E-state index contributed by atoms with van der Waals surface area (Å²) in [4.78, 5) is 17.3. The highest BCUT2D eigenvalue weighted by atomic mass is 79.9. The number of nitrogens with zero attached hydrogens (tertiary/aromatic N) is 1. The monoisotopic (exact) mass is 537 g/mol. The third-order valence-electron chi connectivity index (χ3n) is 5.33. The van der Waals surface area contributed by atoms with Crippen LogP contribution in [0.4, 0.5) is 15.2 Å². The molecule has 1 aliphatic rings. The Morgan fingerprint density at radius 3 is 2.53 bits per heavy atom. The molecule has 0 saturated heterocycles. The number of carbonyl (C=O) groups excluding carboxylic acids is 1. The van der Waals surface area contributed by atoms with Crippen LogP contribution in [0, 0.1) is 5.82 Å². The lowest BCUT2D eigenvalue weighted by atomic mass is 10.0. The quantitative estimate of drug-likeness (QED) is 0.401. The van der Waals surface area contributed by atoms with Gasteiger partial charge in [-0.15, -0.1) is 11.3 Å². The van der Waals surface area contributed by atoms with Crippen LogP contribution < -0.4 is 10.0 Å². The number of hydrogen-bond donors (Lipinski definition) is 2. The van der Waals surface area contributed by atoms with Crippen molar-refractivity contribution in [2.24, 2.45) is 0 Å². The number of hydrogen-bond acceptors (Lipinski definition) is 5. The minimum absolute atomic E-state index is 0.0335. The highest BCUT2D eigenvalue weighted by Crippen LogP contribution is 2.29. The first-order valence-electron chi connectivity index (χ1n) is 10.2. The molecule has 10 heteroatoms. The van der Waals surface area contributed by atoms with Crippen molar-refractivity contribution in [3.8, 4) is 11.3 Å². The van der Waals surface area contributed by atoms with Crippen molar-refractivity contribution in [1.29, 1.82) is 0 Å². The van der Waals surface area contributed by atoms with E-state index in [0.29, 0.717) is 23.7 Å². The van der Waals surface area contributed by atoms with Crippen LogP contribution in [0.3, 0.4) is 0 Å². The lowest BCUT2D eigenvalue weighted by Crippen LogP contribution is -2.30. The Bertz CT molecular complexity index is 1220. The Morgan fingerprint density at radius 2 is 1.81 bits per heavy atom. The maximum Gasteiger partial charge on any atom is 0.259 e. The molecule has 32 heavy (non-hydrogen) atoms. The molecule has 1 amide bonds. The van der Waals surface area contributed by atoms with E-state index in [0.717, 1.165) is 41.4 Å². The zero-order valence-corrected chi connectivity index (χ0v) is 20.2. The van der Waals surface area contributed by atoms with E-state index < -0.39 is 27.0 Å². The molecular formula is C22H21BrFN3O3S2. The van der Waals surface area contributed by atoms with Gasteiger partial charge in [0.2, 0.25) is 10.0 Å². The van der Waals surface area contributed by atoms with Crippen LogP contribution >= 0.6 is 27.3 Å². The number of carbonyl (C=O) groups is 1. The molecule has 168 valence electrons. The SMILES string of the molecule is O=C(Nc1nc(-c2ccc(Br)cc2)cs1)c1ccc(F)cc1NS(=O)(=O)C1CCCCC1. The van der Waals surface area contributed by atoms with Crippen LogP contribution in [0.5, 0.6) is 0 Å². The number of amides is 1. The average Bonchev–Trinajstić information content (AvgIpc) is 3.23. The van der Waals surface area contributed by atoms with Gasteiger partial charge < -0.3 is 0 Å². The van der Waals surface area contributed by atoms with Crippen molar-refractivity contribution in [3.63, 3.8) is 0 Å². The molecule has 4 rings (SSSR count). The van der Waals surface area contributed by atoms with Crippen LogP contribution in [0.25, 0.3) is 11.3 Å². The van der Waals surface area contributed by atoms with E-state index in [1.807, 2.05) is 29.6 Å². The zero-order valence-electron chi connectivity index (χ0n) is 17.0. The standard InChI is InChI=1S/C22H21BrFN3O3S2/c23-15-8-6-14(7-9-15)20-13-31-22(25-20)26-21(28)18-11-10-16(24)12-19(18)27-32(29,30)17-4-2-1-3-5-17/h6-13,17,27H,1-5H2,(H,25,26,28). The molecule has 2 aromatic carbocycles. The van der Waals surface area contributed by atoms with E-state index in [2.05, 4.69) is 31.0 Å². The first-order chi connectivity index (χ1) is 15.3. The number of rotatable bonds is 6. The van der Waals surface area contributed by atoms with Gasteiger partial charge in [-0.25, -0.2) is 17.8 Å². The Kier molecular flexibility index (Phi) is 6.92. The van der Waals surface area contributed by atoms with Gasteiger partial charge in [0.15, 0.2) is 5.13 Å². The molecule has 1 saturated carbocycles. The van der Waals surface area contributed by atoms with Gasteiger partial charge in [-0.2, -0.15) is 0 Å². The van der Waals surface area contributed by atoms with Gasteiger partial charge in [-0.05, 0) is 43.2 Å². The summed E-state index contributed by atoms with van der Waals surface area (Å²) < 4.78 is 42.9. The van der Waals surface area contributed by atoms with E-state index in [1.165, 1.54) is 17.4 Å². The highest BCUT2D eigenvalue weighted by molar-refractivity contribution is 9.10. The Balaban J connectivity index is 1.53. The van der Waals surface area contributed by atoms with Crippen molar-refractivity contribution in [1.82, 2.24) is 4.98 Å². The molecule has 2 N–H and O–H groups in total. The number of thiazole rings is 1. The molecule has 1 aliphatic carbocycles. The Labute approximate surface area is 198 Å². The molecule has 0 bridgehead atoms. The predicted molar refractivity (Wildman–Crippen MR) is 129 cm³/mol. The fourth-order valence-electron chi connectivity index (χ4n) is 3.66. The highest BCUT2D eigenvalue weighted by Gasteiger charge is 2.28. The molecule has 1 heterocycles. The van der Waals surface area contributed by atoms with Crippen LogP contribution in [-0.4, -0.2) is 24.6 Å². The molecule has 0 aliphatic heterocycles. The molecule has 1 fully saturated rings. The third-order valence-corrected chi connectivity index (χ3v) is 8.47. The summed E-state index contributed by atoms with van der Waals surface area (Å²) in [5, 5.41) is 4.32. The van der Waals surface area contributed by atoms with Gasteiger partial charge in [-0.3, -0.25) is 14.8 Å². The topological polar surface area (TPSA) is 88.2 Å². The van der Waals surface area contributed by atoms with Gasteiger partial charge in [0.25, 0.3) is 5.91 Å². The number of nitrogens with one attached hydrogen (secondary N) is 2. The second-order valence-electron chi connectivity index (χ2n) is 7.60. The number of anilines is 2. The molecule has 0 unspecified atom stereocenters. The average molecular weight is 538 g/mol. The van der Waals surface area contributed by atoms with Crippen LogP contribution in [0.1, 0.15) is 42.5 Å². The van der Waals surface area contributed by atoms with E-state index >= 15 is 0 Å². The van der Waals surface area contributed by atoms with Crippen molar-refractivity contribution in [3.05, 3.63) is 63.7 Å². The molecule has 0 atom stereocenters. The van der Waals surface area contributed by atoms with Crippen molar-refractivity contribution >= 4 is 54.0 Å². The third kappa shape index (κ3) is 5.36. The summed E-state index contributed by atoms with van der Waals surface area (Å²) in [6, 6.07) is 11.0. The normalized spacial score (nSPS) is 14.8. The van der Waals surface area contributed by atoms with Crippen LogP contribution in [0.15, 0.2) is 52.3 Å². The summed E-state index contributed by atoms with van der Waals surface area (Å²) in [7, 11) is -3.73. The van der Waals surface area contributed by atoms with Gasteiger partial charge in [-0.1, -0.05) is 47.3 Å². The van der Waals surface area contributed by atoms with Gasteiger partial charge in [0.1, 0.15) is 5.82 Å². The molecule has 3 aromatic rings. The maximum atomic E-state index is 13.9. The largest absolute Gasteiger partial charge is 0.298 e. The lowest BCUT2D eigenvalue weighted by molar-refractivity contribution is 0.102. The first-order valence-corrected chi connectivity index (χ1v) is 13.4. The predicted octanol–water partition coefficient (Wildman–Crippen LogP) is 6.04. The fraction of sp³-hybridized carbons (Fsp3) is 0.273. The van der Waals surface area contributed by atoms with E-state index in [-0.39, 0.29) is 11.3 Å². The summed E-state index contributed by atoms with van der Waals surface area (Å²) >= 11 is 4.64. The number of aromatic nitrogens is 1. The molecule has 1 aromatic heterocycles. The van der Waals surface area contributed by atoms with E-state index in [4.69, 9.17) is 0 Å². The van der Waals surface area contributed by atoms with Gasteiger partial charge in [0.05, 0.1) is 22.2 Å². The molecule has 0 spiro atoms. The second kappa shape index (κ2) is 9.68. The zero-order chi connectivity index (χ0) is 22.7. The van der Waals surface area contributed by atoms with Crippen molar-refractivity contribution in [2.45, 2.75) is 37.4 Å². The first kappa shape index (κ1) is 22.9. The summed E-state index contributed by atoms with van der Waals surface area (Å²) in [5.74, 6) is -1.20. The van der Waals surface area contributed by atoms with Crippen LogP contribution in [-0.2, 0) is 10.0 Å². The summed E-state index contributed by atoms with van der Waals surface area (Å²) in [5.41, 5.74) is 1.56. The van der Waals surface area contributed by atoms with Crippen molar-refractivity contribution < 1.29 is 17.6 Å². The summed E-state index contributed by atoms with van der Waals surface area (Å²) in [6.07, 6.45) is 3.81. The van der Waals surface area contributed by atoms with Crippen molar-refractivity contribution in [2.75, 3.05) is 10.0 Å². The molecule has 0 radical (unpaired) electrons. The Morgan fingerprint density at radius 1 is 1.09 bits per heavy atom. The van der Waals surface area contributed by atoms with Gasteiger partial charge in [0, 0.05) is 15.4 Å². The summed E-state index contributed by atoms with van der Waals surface area (Å²) in [6.45, 7) is 0. The second-order valence-corrected chi connectivity index (χ2v) is 11.3. The minimum atomic E-state index is -3.73. The maximum absolute atomic E-state index is 13.9. The number of benzene rings is 2. The minimum Gasteiger partial charge on any atom is -0.298 e. The Hall–Kier alpha value is -2.30. The number of sulfonamides is 1. The van der Waals surface area contributed by atoms with Crippen LogP contribution in [0.2, 0.25) is 0 Å². The van der Waals surface area contributed by atoms with E-state index in [9.17, 15) is 17.6 Å².